The average molecular weight is 500 g/mol. The number of benzene rings is 2. The molecule has 0 radical (unpaired) electrons. The predicted octanol–water partition coefficient (Wildman–Crippen LogP) is 5.13. The van der Waals surface area contributed by atoms with Gasteiger partial charge in [0.15, 0.2) is 5.11 Å². The van der Waals surface area contributed by atoms with Gasteiger partial charge in [0.05, 0.1) is 31.6 Å². The number of pyridine rings is 1. The van der Waals surface area contributed by atoms with Crippen LogP contribution in [0.4, 0.5) is 11.4 Å². The highest BCUT2D eigenvalue weighted by Crippen LogP contribution is 2.45. The van der Waals surface area contributed by atoms with E-state index >= 15 is 0 Å². The molecule has 2 aromatic heterocycles. The third-order valence-corrected chi connectivity index (χ3v) is 6.79. The van der Waals surface area contributed by atoms with Crippen molar-refractivity contribution in [1.29, 1.82) is 0 Å². The van der Waals surface area contributed by atoms with Crippen molar-refractivity contribution in [3.05, 3.63) is 96.6 Å². The van der Waals surface area contributed by atoms with E-state index in [4.69, 9.17) is 21.7 Å². The lowest BCUT2D eigenvalue weighted by Crippen LogP contribution is -2.30. The van der Waals surface area contributed by atoms with E-state index in [9.17, 15) is 0 Å². The highest BCUT2D eigenvalue weighted by atomic mass is 32.1. The molecule has 0 amide bonds. The van der Waals surface area contributed by atoms with Gasteiger partial charge in [0, 0.05) is 49.6 Å². The Labute approximate surface area is 216 Å². The second-order valence-corrected chi connectivity index (χ2v) is 9.13. The van der Waals surface area contributed by atoms with Gasteiger partial charge in [-0.1, -0.05) is 6.07 Å². The third-order valence-electron chi connectivity index (χ3n) is 6.47. The number of nitrogens with zero attached hydrogens (tertiary/aromatic N) is 4. The lowest BCUT2D eigenvalue weighted by Gasteiger charge is -2.30. The second kappa shape index (κ2) is 9.91. The Morgan fingerprint density at radius 2 is 1.75 bits per heavy atom. The van der Waals surface area contributed by atoms with Crippen LogP contribution in [0.5, 0.6) is 11.5 Å². The maximum Gasteiger partial charge on any atom is 0.174 e. The molecule has 1 aliphatic rings. The molecule has 0 spiro atoms. The molecule has 1 fully saturated rings. The first-order valence-electron chi connectivity index (χ1n) is 11.7. The molecule has 184 valence electrons. The fourth-order valence-corrected chi connectivity index (χ4v) is 5.02. The zero-order valence-corrected chi connectivity index (χ0v) is 21.6. The van der Waals surface area contributed by atoms with E-state index in [1.54, 1.807) is 14.2 Å². The van der Waals surface area contributed by atoms with Gasteiger partial charge in [0.2, 0.25) is 0 Å². The van der Waals surface area contributed by atoms with Crippen LogP contribution in [-0.4, -0.2) is 43.0 Å². The molecule has 2 aromatic carbocycles. The molecule has 3 heterocycles. The van der Waals surface area contributed by atoms with Crippen LogP contribution in [0.15, 0.2) is 85.2 Å². The van der Waals surface area contributed by atoms with E-state index in [0.29, 0.717) is 10.9 Å². The van der Waals surface area contributed by atoms with Crippen molar-refractivity contribution in [2.75, 3.05) is 38.1 Å². The molecule has 0 bridgehead atoms. The van der Waals surface area contributed by atoms with Crippen LogP contribution in [0.25, 0.3) is 5.69 Å². The van der Waals surface area contributed by atoms with E-state index in [1.165, 1.54) is 0 Å². The number of thiocarbonyl (C=S) groups is 1. The van der Waals surface area contributed by atoms with Crippen molar-refractivity contribution >= 4 is 28.7 Å². The van der Waals surface area contributed by atoms with Gasteiger partial charge in [-0.2, -0.15) is 0 Å². The summed E-state index contributed by atoms with van der Waals surface area (Å²) >= 11 is 5.91. The fraction of sp³-hybridized carbons (Fsp3) is 0.214. The van der Waals surface area contributed by atoms with Crippen LogP contribution < -0.4 is 24.6 Å². The van der Waals surface area contributed by atoms with Gasteiger partial charge in [-0.25, -0.2) is 0 Å². The highest BCUT2D eigenvalue weighted by molar-refractivity contribution is 7.80. The maximum absolute atomic E-state index is 5.91. The SMILES string of the molecule is COc1ccc(N2C(=S)N[C@H](c3ccccn3)[C@H]2c2cccn2-c2ccc(N(C)C)cc2)c(OC)c1. The summed E-state index contributed by atoms with van der Waals surface area (Å²) in [4.78, 5) is 8.88. The van der Waals surface area contributed by atoms with E-state index in [2.05, 4.69) is 67.3 Å². The summed E-state index contributed by atoms with van der Waals surface area (Å²) in [5.41, 5.74) is 5.06. The largest absolute Gasteiger partial charge is 0.497 e. The Morgan fingerprint density at radius 3 is 2.42 bits per heavy atom. The zero-order chi connectivity index (χ0) is 25.2. The first kappa shape index (κ1) is 23.7. The number of hydrogen-bond acceptors (Lipinski definition) is 5. The quantitative estimate of drug-likeness (QED) is 0.354. The summed E-state index contributed by atoms with van der Waals surface area (Å²) in [5, 5.41) is 4.13. The van der Waals surface area contributed by atoms with Crippen LogP contribution in [0, 0.1) is 0 Å². The van der Waals surface area contributed by atoms with E-state index in [1.807, 2.05) is 56.7 Å². The number of hydrogen-bond donors (Lipinski definition) is 1. The van der Waals surface area contributed by atoms with Crippen LogP contribution in [0.3, 0.4) is 0 Å². The topological polar surface area (TPSA) is 54.8 Å². The number of nitrogens with one attached hydrogen (secondary N) is 1. The van der Waals surface area contributed by atoms with Gasteiger partial charge in [-0.3, -0.25) is 4.98 Å². The molecule has 36 heavy (non-hydrogen) atoms. The van der Waals surface area contributed by atoms with Crippen molar-refractivity contribution in [3.63, 3.8) is 0 Å². The molecule has 2 atom stereocenters. The molecule has 0 unspecified atom stereocenters. The molecule has 8 heteroatoms. The Kier molecular flexibility index (Phi) is 6.52. The molecule has 7 nitrogen and oxygen atoms in total. The molecule has 1 saturated heterocycles. The van der Waals surface area contributed by atoms with Crippen LogP contribution in [0.1, 0.15) is 23.5 Å². The Hall–Kier alpha value is -4.04. The van der Waals surface area contributed by atoms with Crippen LogP contribution in [0.2, 0.25) is 0 Å². The summed E-state index contributed by atoms with van der Waals surface area (Å²) < 4.78 is 13.4. The van der Waals surface area contributed by atoms with Crippen molar-refractivity contribution < 1.29 is 9.47 Å². The minimum absolute atomic E-state index is 0.166. The van der Waals surface area contributed by atoms with Crippen molar-refractivity contribution in [3.8, 4) is 17.2 Å². The lowest BCUT2D eigenvalue weighted by molar-refractivity contribution is 0.394. The number of methoxy groups -OCH3 is 2. The van der Waals surface area contributed by atoms with Gasteiger partial charge in [0.1, 0.15) is 17.5 Å². The Balaban J connectivity index is 1.65. The lowest BCUT2D eigenvalue weighted by atomic mass is 10.0. The predicted molar refractivity (Wildman–Crippen MR) is 148 cm³/mol. The van der Waals surface area contributed by atoms with Crippen molar-refractivity contribution in [2.24, 2.45) is 0 Å². The van der Waals surface area contributed by atoms with E-state index in [0.717, 1.165) is 34.2 Å². The fourth-order valence-electron chi connectivity index (χ4n) is 4.68. The maximum atomic E-state index is 5.91. The van der Waals surface area contributed by atoms with Gasteiger partial charge >= 0.3 is 0 Å². The number of ether oxygens (including phenoxy) is 2. The number of rotatable bonds is 7. The summed E-state index contributed by atoms with van der Waals surface area (Å²) in [7, 11) is 7.38. The van der Waals surface area contributed by atoms with Crippen molar-refractivity contribution in [2.45, 2.75) is 12.1 Å². The summed E-state index contributed by atoms with van der Waals surface area (Å²) in [6.07, 6.45) is 3.90. The molecule has 4 aromatic rings. The Morgan fingerprint density at radius 1 is 0.944 bits per heavy atom. The smallest absolute Gasteiger partial charge is 0.174 e. The van der Waals surface area contributed by atoms with E-state index in [-0.39, 0.29) is 12.1 Å². The highest BCUT2D eigenvalue weighted by Gasteiger charge is 2.43. The van der Waals surface area contributed by atoms with Gasteiger partial charge < -0.3 is 29.2 Å². The van der Waals surface area contributed by atoms with Gasteiger partial charge in [-0.05, 0) is 72.9 Å². The van der Waals surface area contributed by atoms with E-state index < -0.39 is 0 Å². The first-order chi connectivity index (χ1) is 17.5. The van der Waals surface area contributed by atoms with Gasteiger partial charge in [0.25, 0.3) is 0 Å². The third kappa shape index (κ3) is 4.24. The standard InChI is InChI=1S/C28H29N5O2S/c1-31(2)19-10-12-20(13-11-19)32-17-7-9-24(32)27-26(22-8-5-6-16-29-22)30-28(36)33(27)23-15-14-21(34-3)18-25(23)35-4/h5-18,26-27H,1-4H3,(H,30,36)/t26-,27-/m1/s1. The average Bonchev–Trinajstić information content (AvgIpc) is 3.53. The molecular formula is C28H29N5O2S. The molecular weight excluding hydrogens is 470 g/mol. The molecule has 0 saturated carbocycles. The van der Waals surface area contributed by atoms with Crippen molar-refractivity contribution in [1.82, 2.24) is 14.9 Å². The summed E-state index contributed by atoms with van der Waals surface area (Å²) in [5.74, 6) is 1.40. The van der Waals surface area contributed by atoms with Crippen LogP contribution in [-0.2, 0) is 0 Å². The first-order valence-corrected chi connectivity index (χ1v) is 12.1. The molecule has 1 aliphatic heterocycles. The van der Waals surface area contributed by atoms with Crippen LogP contribution >= 0.6 is 12.2 Å². The minimum Gasteiger partial charge on any atom is -0.497 e. The number of aromatic nitrogens is 2. The number of anilines is 2. The summed E-state index contributed by atoms with van der Waals surface area (Å²) in [6.45, 7) is 0. The Bertz CT molecular complexity index is 1350. The second-order valence-electron chi connectivity index (χ2n) is 8.75. The molecule has 1 N–H and O–H groups in total. The van der Waals surface area contributed by atoms with Gasteiger partial charge in [-0.15, -0.1) is 0 Å². The normalized spacial score (nSPS) is 17.1. The molecule has 0 aliphatic carbocycles. The summed E-state index contributed by atoms with van der Waals surface area (Å²) in [6, 6.07) is 24.1. The zero-order valence-electron chi connectivity index (χ0n) is 20.8. The monoisotopic (exact) mass is 499 g/mol. The molecule has 5 rings (SSSR count). The minimum atomic E-state index is -0.182.